The Labute approximate surface area is 98.2 Å². The van der Waals surface area contributed by atoms with Gasteiger partial charge in [-0.05, 0) is 38.5 Å². The first-order valence-corrected chi connectivity index (χ1v) is 6.74. The Morgan fingerprint density at radius 2 is 1.88 bits per heavy atom. The average Bonchev–Trinajstić information content (AvgIpc) is 3.03. The van der Waals surface area contributed by atoms with Crippen molar-refractivity contribution in [3.05, 3.63) is 0 Å². The fraction of sp³-hybridized carbons (Fsp3) is 0.923. The van der Waals surface area contributed by atoms with Gasteiger partial charge in [0, 0.05) is 12.1 Å². The molecule has 0 radical (unpaired) electrons. The second kappa shape index (κ2) is 5.17. The van der Waals surface area contributed by atoms with E-state index >= 15 is 0 Å². The Bertz CT molecular complexity index is 250. The fourth-order valence-electron chi connectivity index (χ4n) is 2.71. The number of hydrogen-bond acceptors (Lipinski definition) is 2. The highest BCUT2D eigenvalue weighted by Crippen LogP contribution is 2.32. The lowest BCUT2D eigenvalue weighted by Crippen LogP contribution is -2.45. The second-order valence-corrected chi connectivity index (χ2v) is 5.54. The van der Waals surface area contributed by atoms with Crippen molar-refractivity contribution < 1.29 is 4.79 Å². The molecular weight excluding hydrogens is 200 g/mol. The normalized spacial score (nSPS) is 32.9. The van der Waals surface area contributed by atoms with E-state index in [9.17, 15) is 4.79 Å². The molecule has 0 aromatic rings. The lowest BCUT2D eigenvalue weighted by molar-refractivity contribution is -0.126. The number of nitrogens with two attached hydrogens (primary N) is 1. The van der Waals surface area contributed by atoms with Crippen molar-refractivity contribution in [2.75, 3.05) is 0 Å². The van der Waals surface area contributed by atoms with Crippen LogP contribution in [-0.4, -0.2) is 18.0 Å². The Morgan fingerprint density at radius 3 is 2.56 bits per heavy atom. The van der Waals surface area contributed by atoms with Crippen LogP contribution < -0.4 is 11.1 Å². The Hall–Kier alpha value is -0.570. The molecular formula is C13H24N2O. The molecule has 2 rings (SSSR count). The van der Waals surface area contributed by atoms with Crippen molar-refractivity contribution in [2.45, 2.75) is 64.0 Å². The maximum atomic E-state index is 12.1. The molecule has 0 aromatic heterocycles. The zero-order chi connectivity index (χ0) is 11.5. The van der Waals surface area contributed by atoms with Crippen LogP contribution in [0.4, 0.5) is 0 Å². The van der Waals surface area contributed by atoms with E-state index < -0.39 is 0 Å². The molecule has 0 spiro atoms. The van der Waals surface area contributed by atoms with Crippen molar-refractivity contribution in [3.8, 4) is 0 Å². The van der Waals surface area contributed by atoms with E-state index in [0.717, 1.165) is 25.2 Å². The Morgan fingerprint density at radius 1 is 1.19 bits per heavy atom. The molecule has 0 heterocycles. The van der Waals surface area contributed by atoms with Crippen LogP contribution in [-0.2, 0) is 4.79 Å². The summed E-state index contributed by atoms with van der Waals surface area (Å²) in [4.78, 5) is 12.1. The molecule has 3 unspecified atom stereocenters. The summed E-state index contributed by atoms with van der Waals surface area (Å²) in [6, 6.07) is 0.428. The Balaban J connectivity index is 1.85. The predicted molar refractivity (Wildman–Crippen MR) is 64.9 cm³/mol. The largest absolute Gasteiger partial charge is 0.353 e. The van der Waals surface area contributed by atoms with Crippen LogP contribution in [0, 0.1) is 11.8 Å². The van der Waals surface area contributed by atoms with Crippen LogP contribution in [0.2, 0.25) is 0 Å². The quantitative estimate of drug-likeness (QED) is 0.718. The average molecular weight is 224 g/mol. The van der Waals surface area contributed by atoms with Crippen molar-refractivity contribution >= 4 is 5.91 Å². The van der Waals surface area contributed by atoms with Gasteiger partial charge < -0.3 is 11.1 Å². The Kier molecular flexibility index (Phi) is 3.85. The topological polar surface area (TPSA) is 55.1 Å². The third-order valence-corrected chi connectivity index (χ3v) is 4.11. The summed E-state index contributed by atoms with van der Waals surface area (Å²) < 4.78 is 0. The minimum atomic E-state index is 0.0590. The third-order valence-electron chi connectivity index (χ3n) is 4.11. The van der Waals surface area contributed by atoms with Gasteiger partial charge in [0.05, 0.1) is 5.92 Å². The van der Waals surface area contributed by atoms with Crippen LogP contribution in [0.1, 0.15) is 51.9 Å². The van der Waals surface area contributed by atoms with E-state index in [-0.39, 0.29) is 17.9 Å². The molecule has 92 valence electrons. The fourth-order valence-corrected chi connectivity index (χ4v) is 2.71. The highest BCUT2D eigenvalue weighted by molar-refractivity contribution is 5.79. The minimum Gasteiger partial charge on any atom is -0.353 e. The van der Waals surface area contributed by atoms with Gasteiger partial charge in [-0.1, -0.05) is 19.3 Å². The molecule has 2 fully saturated rings. The maximum Gasteiger partial charge on any atom is 0.224 e. The van der Waals surface area contributed by atoms with Crippen LogP contribution >= 0.6 is 0 Å². The lowest BCUT2D eigenvalue weighted by atomic mass is 9.94. The molecule has 0 bridgehead atoms. The van der Waals surface area contributed by atoms with Crippen molar-refractivity contribution in [1.29, 1.82) is 0 Å². The molecule has 1 amide bonds. The van der Waals surface area contributed by atoms with E-state index in [4.69, 9.17) is 5.73 Å². The molecule has 3 heteroatoms. The van der Waals surface area contributed by atoms with Gasteiger partial charge >= 0.3 is 0 Å². The van der Waals surface area contributed by atoms with E-state index in [1.54, 1.807) is 0 Å². The SMILES string of the molecule is CC(NC(=O)C1CCCCCC1N)C1CC1. The monoisotopic (exact) mass is 224 g/mol. The number of nitrogens with one attached hydrogen (secondary N) is 1. The van der Waals surface area contributed by atoms with Gasteiger partial charge in [-0.3, -0.25) is 4.79 Å². The summed E-state index contributed by atoms with van der Waals surface area (Å²) in [5.41, 5.74) is 6.09. The van der Waals surface area contributed by atoms with E-state index in [0.29, 0.717) is 6.04 Å². The maximum absolute atomic E-state index is 12.1. The van der Waals surface area contributed by atoms with E-state index in [1.165, 1.54) is 25.7 Å². The summed E-state index contributed by atoms with van der Waals surface area (Å²) >= 11 is 0. The molecule has 0 saturated heterocycles. The van der Waals surface area contributed by atoms with Crippen molar-refractivity contribution in [2.24, 2.45) is 17.6 Å². The second-order valence-electron chi connectivity index (χ2n) is 5.54. The van der Waals surface area contributed by atoms with Crippen LogP contribution in [0.5, 0.6) is 0 Å². The van der Waals surface area contributed by atoms with Gasteiger partial charge in [0.15, 0.2) is 0 Å². The van der Waals surface area contributed by atoms with Crippen molar-refractivity contribution in [1.82, 2.24) is 5.32 Å². The highest BCUT2D eigenvalue weighted by atomic mass is 16.2. The molecule has 3 atom stereocenters. The van der Waals surface area contributed by atoms with E-state index in [2.05, 4.69) is 12.2 Å². The van der Waals surface area contributed by atoms with Gasteiger partial charge in [0.25, 0.3) is 0 Å². The number of amides is 1. The smallest absolute Gasteiger partial charge is 0.224 e. The highest BCUT2D eigenvalue weighted by Gasteiger charge is 2.32. The van der Waals surface area contributed by atoms with Gasteiger partial charge in [0.1, 0.15) is 0 Å². The first-order chi connectivity index (χ1) is 7.68. The lowest BCUT2D eigenvalue weighted by Gasteiger charge is -2.23. The molecule has 3 N–H and O–H groups in total. The zero-order valence-electron chi connectivity index (χ0n) is 10.2. The van der Waals surface area contributed by atoms with Gasteiger partial charge in [0.2, 0.25) is 5.91 Å². The molecule has 16 heavy (non-hydrogen) atoms. The molecule has 0 aromatic carbocycles. The molecule has 2 aliphatic rings. The molecule has 2 saturated carbocycles. The predicted octanol–water partition coefficient (Wildman–Crippen LogP) is 1.81. The molecule has 0 aliphatic heterocycles. The standard InChI is InChI=1S/C13H24N2O/c1-9(10-7-8-10)15-13(16)11-5-3-2-4-6-12(11)14/h9-12H,2-8,14H2,1H3,(H,15,16). The molecule has 2 aliphatic carbocycles. The van der Waals surface area contributed by atoms with E-state index in [1.807, 2.05) is 0 Å². The number of rotatable bonds is 3. The first-order valence-electron chi connectivity index (χ1n) is 6.74. The minimum absolute atomic E-state index is 0.0590. The summed E-state index contributed by atoms with van der Waals surface area (Å²) in [6.45, 7) is 2.12. The van der Waals surface area contributed by atoms with Gasteiger partial charge in [-0.15, -0.1) is 0 Å². The van der Waals surface area contributed by atoms with Crippen LogP contribution in [0.3, 0.4) is 0 Å². The van der Waals surface area contributed by atoms with Crippen molar-refractivity contribution in [3.63, 3.8) is 0 Å². The van der Waals surface area contributed by atoms with Crippen LogP contribution in [0.25, 0.3) is 0 Å². The first kappa shape index (κ1) is 11.9. The third kappa shape index (κ3) is 2.97. The molecule has 3 nitrogen and oxygen atoms in total. The summed E-state index contributed by atoms with van der Waals surface area (Å²) in [6.07, 6.45) is 8.11. The van der Waals surface area contributed by atoms with Gasteiger partial charge in [-0.25, -0.2) is 0 Å². The number of carbonyl (C=O) groups excluding carboxylic acids is 1. The summed E-state index contributed by atoms with van der Waals surface area (Å²) in [5, 5.41) is 3.15. The van der Waals surface area contributed by atoms with Gasteiger partial charge in [-0.2, -0.15) is 0 Å². The summed E-state index contributed by atoms with van der Waals surface area (Å²) in [5.74, 6) is 0.989. The zero-order valence-corrected chi connectivity index (χ0v) is 10.2. The van der Waals surface area contributed by atoms with Crippen LogP contribution in [0.15, 0.2) is 0 Å². The number of carbonyl (C=O) groups is 1. The summed E-state index contributed by atoms with van der Waals surface area (Å²) in [7, 11) is 0. The number of hydrogen-bond donors (Lipinski definition) is 2.